The number of carboxylic acids is 1. The molecule has 0 unspecified atom stereocenters. The molecule has 0 bridgehead atoms. The highest BCUT2D eigenvalue weighted by atomic mass is 19.1. The highest BCUT2D eigenvalue weighted by Crippen LogP contribution is 2.38. The van der Waals surface area contributed by atoms with E-state index in [0.29, 0.717) is 39.1 Å². The number of benzene rings is 4. The standard InChI is InChI=1S/C31H21FN4O3/c1-18-2-3-19(14-24(18)31(38)39)15-27-26-16-25(28(32)17-29(26)34-30(27)37)22-6-4-20(5-7-22)21-8-10-23(11-9-21)36-13-12-33-35-36/h2-17H,1H3,(H,34,37)(H,38,39). The molecule has 0 radical (unpaired) electrons. The van der Waals surface area contributed by atoms with E-state index in [0.717, 1.165) is 16.8 Å². The molecule has 0 fully saturated rings. The number of halogens is 1. The maximum Gasteiger partial charge on any atom is 0.335 e. The Bertz CT molecular complexity index is 1770. The Kier molecular flexibility index (Phi) is 5.84. The molecule has 0 saturated carbocycles. The van der Waals surface area contributed by atoms with Crippen LogP contribution in [0.5, 0.6) is 0 Å². The van der Waals surface area contributed by atoms with E-state index in [4.69, 9.17) is 0 Å². The van der Waals surface area contributed by atoms with Crippen molar-refractivity contribution in [1.29, 1.82) is 0 Å². The van der Waals surface area contributed by atoms with Crippen LogP contribution in [0.3, 0.4) is 0 Å². The molecule has 0 saturated heterocycles. The second kappa shape index (κ2) is 9.50. The summed E-state index contributed by atoms with van der Waals surface area (Å²) in [5.41, 5.74) is 6.52. The minimum Gasteiger partial charge on any atom is -0.478 e. The molecular formula is C31H21FN4O3. The molecule has 1 aliphatic rings. The van der Waals surface area contributed by atoms with Crippen molar-refractivity contribution in [1.82, 2.24) is 15.0 Å². The van der Waals surface area contributed by atoms with Crippen LogP contribution in [0, 0.1) is 12.7 Å². The second-order valence-corrected chi connectivity index (χ2v) is 9.24. The molecule has 5 aromatic rings. The number of aryl methyl sites for hydroxylation is 1. The van der Waals surface area contributed by atoms with Gasteiger partial charge in [-0.05, 0) is 71.1 Å². The molecule has 0 atom stereocenters. The molecule has 1 aromatic heterocycles. The van der Waals surface area contributed by atoms with Gasteiger partial charge in [-0.3, -0.25) is 4.79 Å². The lowest BCUT2D eigenvalue weighted by Gasteiger charge is -2.09. The zero-order valence-corrected chi connectivity index (χ0v) is 20.7. The van der Waals surface area contributed by atoms with Gasteiger partial charge < -0.3 is 10.4 Å². The first kappa shape index (κ1) is 24.0. The number of carbonyl (C=O) groups is 2. The van der Waals surface area contributed by atoms with Crippen LogP contribution in [0.15, 0.2) is 91.3 Å². The van der Waals surface area contributed by atoms with Gasteiger partial charge in [0.2, 0.25) is 0 Å². The summed E-state index contributed by atoms with van der Waals surface area (Å²) in [5, 5.41) is 20.0. The fourth-order valence-electron chi connectivity index (χ4n) is 4.70. The lowest BCUT2D eigenvalue weighted by Crippen LogP contribution is -2.04. The Morgan fingerprint density at radius 2 is 1.62 bits per heavy atom. The molecule has 7 nitrogen and oxygen atoms in total. The highest BCUT2D eigenvalue weighted by Gasteiger charge is 2.26. The molecule has 4 aromatic carbocycles. The Morgan fingerprint density at radius 1 is 0.923 bits per heavy atom. The van der Waals surface area contributed by atoms with E-state index in [1.807, 2.05) is 48.5 Å². The predicted molar refractivity (Wildman–Crippen MR) is 147 cm³/mol. The number of nitrogens with zero attached hydrogens (tertiary/aromatic N) is 3. The van der Waals surface area contributed by atoms with Crippen LogP contribution in [-0.4, -0.2) is 32.0 Å². The normalized spacial score (nSPS) is 13.4. The number of aromatic carboxylic acids is 1. The Labute approximate surface area is 222 Å². The molecule has 6 rings (SSSR count). The maximum atomic E-state index is 15.2. The predicted octanol–water partition coefficient (Wildman–Crippen LogP) is 6.24. The number of aromatic nitrogens is 3. The van der Waals surface area contributed by atoms with E-state index in [1.165, 1.54) is 12.1 Å². The molecule has 2 heterocycles. The summed E-state index contributed by atoms with van der Waals surface area (Å²) in [6.45, 7) is 1.71. The molecule has 0 spiro atoms. The summed E-state index contributed by atoms with van der Waals surface area (Å²) < 4.78 is 16.8. The van der Waals surface area contributed by atoms with Crippen molar-refractivity contribution in [3.63, 3.8) is 0 Å². The van der Waals surface area contributed by atoms with Gasteiger partial charge >= 0.3 is 5.97 Å². The van der Waals surface area contributed by atoms with Gasteiger partial charge in [-0.15, -0.1) is 5.10 Å². The number of nitrogens with one attached hydrogen (secondary N) is 1. The van der Waals surface area contributed by atoms with Gasteiger partial charge in [-0.25, -0.2) is 13.9 Å². The number of fused-ring (bicyclic) bond motifs is 1. The van der Waals surface area contributed by atoms with Crippen LogP contribution in [0.1, 0.15) is 27.0 Å². The molecule has 1 amide bonds. The first-order valence-electron chi connectivity index (χ1n) is 12.2. The molecule has 190 valence electrons. The van der Waals surface area contributed by atoms with E-state index >= 15 is 4.39 Å². The number of carbonyl (C=O) groups excluding carboxylic acids is 1. The Balaban J connectivity index is 1.32. The fourth-order valence-corrected chi connectivity index (χ4v) is 4.70. The summed E-state index contributed by atoms with van der Waals surface area (Å²) in [4.78, 5) is 24.3. The molecule has 39 heavy (non-hydrogen) atoms. The van der Waals surface area contributed by atoms with Gasteiger partial charge in [0.05, 0.1) is 29.3 Å². The zero-order chi connectivity index (χ0) is 27.1. The number of hydrogen-bond acceptors (Lipinski definition) is 4. The molecule has 8 heteroatoms. The number of carboxylic acid groups (broad SMARTS) is 1. The number of hydrogen-bond donors (Lipinski definition) is 2. The van der Waals surface area contributed by atoms with E-state index in [2.05, 4.69) is 15.6 Å². The molecule has 0 aliphatic carbocycles. The second-order valence-electron chi connectivity index (χ2n) is 9.24. The molecular weight excluding hydrogens is 495 g/mol. The van der Waals surface area contributed by atoms with Crippen molar-refractivity contribution in [2.45, 2.75) is 6.92 Å². The molecule has 1 aliphatic heterocycles. The Hall–Kier alpha value is -5.37. The van der Waals surface area contributed by atoms with Crippen molar-refractivity contribution in [2.24, 2.45) is 0 Å². The van der Waals surface area contributed by atoms with Crippen molar-refractivity contribution in [3.05, 3.63) is 119 Å². The first-order valence-corrected chi connectivity index (χ1v) is 12.2. The smallest absolute Gasteiger partial charge is 0.335 e. The topological polar surface area (TPSA) is 97.1 Å². The summed E-state index contributed by atoms with van der Waals surface area (Å²) in [7, 11) is 0. The largest absolute Gasteiger partial charge is 0.478 e. The fraction of sp³-hybridized carbons (Fsp3) is 0.0323. The van der Waals surface area contributed by atoms with Gasteiger partial charge in [-0.1, -0.05) is 53.7 Å². The van der Waals surface area contributed by atoms with Gasteiger partial charge in [-0.2, -0.15) is 0 Å². The average molecular weight is 517 g/mol. The number of anilines is 1. The van der Waals surface area contributed by atoms with E-state index < -0.39 is 11.8 Å². The summed E-state index contributed by atoms with van der Waals surface area (Å²) in [6.07, 6.45) is 5.01. The van der Waals surface area contributed by atoms with Crippen LogP contribution < -0.4 is 5.32 Å². The summed E-state index contributed by atoms with van der Waals surface area (Å²) in [5.74, 6) is -1.87. The van der Waals surface area contributed by atoms with Crippen molar-refractivity contribution >= 4 is 29.2 Å². The van der Waals surface area contributed by atoms with E-state index in [-0.39, 0.29) is 11.5 Å². The van der Waals surface area contributed by atoms with Crippen LogP contribution in [0.25, 0.3) is 39.6 Å². The first-order chi connectivity index (χ1) is 18.9. The van der Waals surface area contributed by atoms with Gasteiger partial charge in [0.25, 0.3) is 5.91 Å². The zero-order valence-electron chi connectivity index (χ0n) is 20.7. The average Bonchev–Trinajstić information content (AvgIpc) is 3.58. The monoisotopic (exact) mass is 516 g/mol. The van der Waals surface area contributed by atoms with E-state index in [9.17, 15) is 14.7 Å². The van der Waals surface area contributed by atoms with Gasteiger partial charge in [0.15, 0.2) is 0 Å². The van der Waals surface area contributed by atoms with Gasteiger partial charge in [0, 0.05) is 16.7 Å². The highest BCUT2D eigenvalue weighted by molar-refractivity contribution is 6.35. The van der Waals surface area contributed by atoms with Crippen LogP contribution in [-0.2, 0) is 4.79 Å². The minimum atomic E-state index is -1.04. The third-order valence-electron chi connectivity index (χ3n) is 6.78. The SMILES string of the molecule is Cc1ccc(C=C2C(=O)Nc3cc(F)c(-c4ccc(-c5ccc(-n6ccnn6)cc5)cc4)cc32)cc1C(=O)O. The minimum absolute atomic E-state index is 0.163. The quantitative estimate of drug-likeness (QED) is 0.270. The Morgan fingerprint density at radius 3 is 2.28 bits per heavy atom. The number of amides is 1. The van der Waals surface area contributed by atoms with Crippen LogP contribution in [0.4, 0.5) is 10.1 Å². The summed E-state index contributed by atoms with van der Waals surface area (Å²) in [6, 6.07) is 23.3. The van der Waals surface area contributed by atoms with Crippen LogP contribution >= 0.6 is 0 Å². The number of rotatable bonds is 5. The third-order valence-corrected chi connectivity index (χ3v) is 6.78. The van der Waals surface area contributed by atoms with Crippen molar-refractivity contribution in [3.8, 4) is 27.9 Å². The molecule has 2 N–H and O–H groups in total. The lowest BCUT2D eigenvalue weighted by atomic mass is 9.95. The van der Waals surface area contributed by atoms with Crippen LogP contribution in [0.2, 0.25) is 0 Å². The van der Waals surface area contributed by atoms with Crippen molar-refractivity contribution < 1.29 is 19.1 Å². The van der Waals surface area contributed by atoms with Crippen molar-refractivity contribution in [2.75, 3.05) is 5.32 Å². The lowest BCUT2D eigenvalue weighted by molar-refractivity contribution is -0.110. The third kappa shape index (κ3) is 4.48. The van der Waals surface area contributed by atoms with E-state index in [1.54, 1.807) is 48.3 Å². The summed E-state index contributed by atoms with van der Waals surface area (Å²) >= 11 is 0. The van der Waals surface area contributed by atoms with Gasteiger partial charge in [0.1, 0.15) is 5.82 Å². The maximum absolute atomic E-state index is 15.2.